The van der Waals surface area contributed by atoms with E-state index in [1.54, 1.807) is 19.2 Å². The Labute approximate surface area is 124 Å². The minimum Gasteiger partial charge on any atom is -0.378 e. The monoisotopic (exact) mass is 294 g/mol. The van der Waals surface area contributed by atoms with Crippen LogP contribution in [0.4, 0.5) is 11.5 Å². The van der Waals surface area contributed by atoms with Crippen molar-refractivity contribution in [1.29, 1.82) is 0 Å². The van der Waals surface area contributed by atoms with Gasteiger partial charge in [0.2, 0.25) is 5.82 Å². The number of nitrogens with zero attached hydrogens (tertiary/aromatic N) is 2. The molecule has 7 heteroatoms. The van der Waals surface area contributed by atoms with E-state index < -0.39 is 4.92 Å². The van der Waals surface area contributed by atoms with Gasteiger partial charge in [-0.2, -0.15) is 0 Å². The molecule has 0 radical (unpaired) electrons. The number of aryl methyl sites for hydroxylation is 1. The largest absolute Gasteiger partial charge is 0.378 e. The number of ether oxygens (including phenoxy) is 1. The van der Waals surface area contributed by atoms with Crippen molar-refractivity contribution in [3.8, 4) is 0 Å². The number of nitro groups is 1. The summed E-state index contributed by atoms with van der Waals surface area (Å²) < 4.78 is 5.79. The smallest absolute Gasteiger partial charge is 0.314 e. The molecule has 0 spiro atoms. The standard InChI is InChI=1S/C14H22N4O3/c1-11-3-9-17-14(13(11)18(19)20)16-6-2-10-21-12-4-7-15-8-5-12/h3,9,12,15H,2,4-8,10H2,1H3,(H,16,17). The molecule has 2 rings (SSSR count). The first-order valence-corrected chi connectivity index (χ1v) is 7.34. The molecular formula is C14H22N4O3. The summed E-state index contributed by atoms with van der Waals surface area (Å²) in [7, 11) is 0. The Morgan fingerprint density at radius 2 is 2.29 bits per heavy atom. The van der Waals surface area contributed by atoms with E-state index in [-0.39, 0.29) is 5.69 Å². The third-order valence-electron chi connectivity index (χ3n) is 3.56. The quantitative estimate of drug-likeness (QED) is 0.453. The molecule has 0 aliphatic carbocycles. The van der Waals surface area contributed by atoms with Crippen LogP contribution in [0.15, 0.2) is 12.3 Å². The Morgan fingerprint density at radius 1 is 1.52 bits per heavy atom. The lowest BCUT2D eigenvalue weighted by Gasteiger charge is -2.22. The van der Waals surface area contributed by atoms with Gasteiger partial charge in [-0.15, -0.1) is 0 Å². The second kappa shape index (κ2) is 7.90. The highest BCUT2D eigenvalue weighted by Gasteiger charge is 2.18. The van der Waals surface area contributed by atoms with Crippen molar-refractivity contribution in [1.82, 2.24) is 10.3 Å². The average molecular weight is 294 g/mol. The predicted octanol–water partition coefficient (Wildman–Crippen LogP) is 1.87. The minimum absolute atomic E-state index is 0.0526. The topological polar surface area (TPSA) is 89.3 Å². The van der Waals surface area contributed by atoms with Crippen LogP contribution in [-0.2, 0) is 4.74 Å². The number of hydrogen-bond donors (Lipinski definition) is 2. The van der Waals surface area contributed by atoms with Gasteiger partial charge in [-0.25, -0.2) is 4.98 Å². The lowest BCUT2D eigenvalue weighted by Crippen LogP contribution is -2.32. The van der Waals surface area contributed by atoms with E-state index in [0.29, 0.717) is 30.6 Å². The van der Waals surface area contributed by atoms with Crippen LogP contribution in [0.2, 0.25) is 0 Å². The van der Waals surface area contributed by atoms with Crippen molar-refractivity contribution in [2.24, 2.45) is 0 Å². The normalized spacial score (nSPS) is 15.9. The summed E-state index contributed by atoms with van der Waals surface area (Å²) in [6.45, 7) is 5.02. The summed E-state index contributed by atoms with van der Waals surface area (Å²) in [5.74, 6) is 0.335. The second-order valence-corrected chi connectivity index (χ2v) is 5.18. The van der Waals surface area contributed by atoms with Gasteiger partial charge < -0.3 is 15.4 Å². The van der Waals surface area contributed by atoms with Crippen LogP contribution in [0.1, 0.15) is 24.8 Å². The van der Waals surface area contributed by atoms with E-state index in [0.717, 1.165) is 32.4 Å². The fourth-order valence-corrected chi connectivity index (χ4v) is 2.40. The zero-order chi connectivity index (χ0) is 15.1. The van der Waals surface area contributed by atoms with Crippen LogP contribution in [0.5, 0.6) is 0 Å². The Hall–Kier alpha value is -1.73. The van der Waals surface area contributed by atoms with E-state index in [1.807, 2.05) is 0 Å². The van der Waals surface area contributed by atoms with Gasteiger partial charge in [0.1, 0.15) is 0 Å². The highest BCUT2D eigenvalue weighted by Crippen LogP contribution is 2.25. The van der Waals surface area contributed by atoms with Crippen LogP contribution >= 0.6 is 0 Å². The number of nitrogens with one attached hydrogen (secondary N) is 2. The number of hydrogen-bond acceptors (Lipinski definition) is 6. The summed E-state index contributed by atoms with van der Waals surface area (Å²) in [6.07, 6.45) is 4.83. The van der Waals surface area contributed by atoms with Crippen LogP contribution in [-0.4, -0.2) is 42.3 Å². The fourth-order valence-electron chi connectivity index (χ4n) is 2.40. The maximum Gasteiger partial charge on any atom is 0.314 e. The molecule has 1 saturated heterocycles. The van der Waals surface area contributed by atoms with Crippen molar-refractivity contribution in [2.75, 3.05) is 31.6 Å². The van der Waals surface area contributed by atoms with Gasteiger partial charge in [0.15, 0.2) is 0 Å². The van der Waals surface area contributed by atoms with Crippen LogP contribution in [0.25, 0.3) is 0 Å². The Bertz CT molecular complexity index is 475. The highest BCUT2D eigenvalue weighted by molar-refractivity contribution is 5.59. The molecule has 0 saturated carbocycles. The zero-order valence-electron chi connectivity index (χ0n) is 12.3. The minimum atomic E-state index is -0.393. The Balaban J connectivity index is 1.73. The summed E-state index contributed by atoms with van der Waals surface area (Å²) in [4.78, 5) is 14.7. The first kappa shape index (κ1) is 15.7. The van der Waals surface area contributed by atoms with E-state index in [4.69, 9.17) is 4.74 Å². The zero-order valence-corrected chi connectivity index (χ0v) is 12.3. The van der Waals surface area contributed by atoms with E-state index in [1.165, 1.54) is 0 Å². The number of rotatable bonds is 7. The molecule has 0 aromatic carbocycles. The molecule has 1 aliphatic rings. The van der Waals surface area contributed by atoms with E-state index >= 15 is 0 Å². The fraction of sp³-hybridized carbons (Fsp3) is 0.643. The summed E-state index contributed by atoms with van der Waals surface area (Å²) in [5.41, 5.74) is 0.667. The lowest BCUT2D eigenvalue weighted by atomic mass is 10.1. The van der Waals surface area contributed by atoms with E-state index in [9.17, 15) is 10.1 Å². The molecule has 1 aliphatic heterocycles. The first-order valence-electron chi connectivity index (χ1n) is 7.34. The van der Waals surface area contributed by atoms with Gasteiger partial charge in [0, 0.05) is 24.9 Å². The third-order valence-corrected chi connectivity index (χ3v) is 3.56. The van der Waals surface area contributed by atoms with Gasteiger partial charge in [-0.3, -0.25) is 10.1 Å². The van der Waals surface area contributed by atoms with Crippen LogP contribution in [0.3, 0.4) is 0 Å². The molecule has 0 bridgehead atoms. The maximum atomic E-state index is 11.0. The molecule has 1 fully saturated rings. The van der Waals surface area contributed by atoms with Gasteiger partial charge in [0.05, 0.1) is 11.0 Å². The van der Waals surface area contributed by atoms with Crippen LogP contribution < -0.4 is 10.6 Å². The molecule has 1 aromatic heterocycles. The molecule has 21 heavy (non-hydrogen) atoms. The van der Waals surface area contributed by atoms with Gasteiger partial charge >= 0.3 is 5.69 Å². The molecule has 0 amide bonds. The number of anilines is 1. The predicted molar refractivity (Wildman–Crippen MR) is 80.6 cm³/mol. The molecule has 2 heterocycles. The first-order chi connectivity index (χ1) is 10.2. The Morgan fingerprint density at radius 3 is 3.00 bits per heavy atom. The summed E-state index contributed by atoms with van der Waals surface area (Å²) in [6, 6.07) is 1.64. The second-order valence-electron chi connectivity index (χ2n) is 5.18. The highest BCUT2D eigenvalue weighted by atomic mass is 16.6. The van der Waals surface area contributed by atoms with Crippen molar-refractivity contribution < 1.29 is 9.66 Å². The summed E-state index contributed by atoms with van der Waals surface area (Å²) >= 11 is 0. The molecule has 0 atom stereocenters. The van der Waals surface area contributed by atoms with Crippen molar-refractivity contribution >= 4 is 11.5 Å². The third kappa shape index (κ3) is 4.64. The number of pyridine rings is 1. The molecule has 116 valence electrons. The molecule has 0 unspecified atom stereocenters. The van der Waals surface area contributed by atoms with Gasteiger partial charge in [0.25, 0.3) is 0 Å². The SMILES string of the molecule is Cc1ccnc(NCCCOC2CCNCC2)c1[N+](=O)[O-]. The van der Waals surface area contributed by atoms with Crippen molar-refractivity contribution in [3.63, 3.8) is 0 Å². The number of piperidine rings is 1. The molecular weight excluding hydrogens is 272 g/mol. The average Bonchev–Trinajstić information content (AvgIpc) is 2.47. The molecule has 1 aromatic rings. The molecule has 7 nitrogen and oxygen atoms in total. The molecule has 2 N–H and O–H groups in total. The lowest BCUT2D eigenvalue weighted by molar-refractivity contribution is -0.384. The van der Waals surface area contributed by atoms with E-state index in [2.05, 4.69) is 15.6 Å². The van der Waals surface area contributed by atoms with Gasteiger partial charge in [-0.1, -0.05) is 0 Å². The Kier molecular flexibility index (Phi) is 5.89. The van der Waals surface area contributed by atoms with Crippen molar-refractivity contribution in [2.45, 2.75) is 32.3 Å². The van der Waals surface area contributed by atoms with Crippen molar-refractivity contribution in [3.05, 3.63) is 27.9 Å². The summed E-state index contributed by atoms with van der Waals surface area (Å²) in [5, 5.41) is 17.4. The maximum absolute atomic E-state index is 11.0. The van der Waals surface area contributed by atoms with Gasteiger partial charge in [-0.05, 0) is 45.3 Å². The number of aromatic nitrogens is 1. The van der Waals surface area contributed by atoms with Crippen LogP contribution in [0, 0.1) is 17.0 Å².